The van der Waals surface area contributed by atoms with Crippen LogP contribution in [0.4, 0.5) is 0 Å². The Morgan fingerprint density at radius 1 is 1.31 bits per heavy atom. The van der Waals surface area contributed by atoms with Gasteiger partial charge in [0.25, 0.3) is 0 Å². The topological polar surface area (TPSA) is 66.0 Å². The van der Waals surface area contributed by atoms with E-state index in [4.69, 9.17) is 10.5 Å². The van der Waals surface area contributed by atoms with Crippen molar-refractivity contribution in [1.29, 1.82) is 0 Å². The van der Waals surface area contributed by atoms with Gasteiger partial charge in [-0.05, 0) is 24.3 Å². The van der Waals surface area contributed by atoms with Crippen molar-refractivity contribution in [3.8, 4) is 17.1 Å². The second kappa shape index (κ2) is 4.76. The Balaban J connectivity index is 2.21. The Kier molecular flexibility index (Phi) is 3.16. The fourth-order valence-electron chi connectivity index (χ4n) is 1.41. The van der Waals surface area contributed by atoms with Crippen LogP contribution in [0.15, 0.2) is 30.6 Å². The number of hydrogen-bond acceptors (Lipinski definition) is 4. The van der Waals surface area contributed by atoms with Gasteiger partial charge in [-0.15, -0.1) is 0 Å². The number of ether oxygens (including phenoxy) is 1. The molecule has 0 unspecified atom stereocenters. The Morgan fingerprint density at radius 2 is 2.06 bits per heavy atom. The molecule has 0 bridgehead atoms. The molecule has 2 aromatic rings. The van der Waals surface area contributed by atoms with Crippen LogP contribution in [0, 0.1) is 0 Å². The number of benzene rings is 1. The van der Waals surface area contributed by atoms with Crippen LogP contribution in [-0.4, -0.2) is 28.4 Å². The summed E-state index contributed by atoms with van der Waals surface area (Å²) in [6.07, 6.45) is 1.69. The summed E-state index contributed by atoms with van der Waals surface area (Å²) in [4.78, 5) is 4.22. The molecular weight excluding hydrogens is 204 g/mol. The summed E-state index contributed by atoms with van der Waals surface area (Å²) in [7, 11) is 1.64. The second-order valence-electron chi connectivity index (χ2n) is 3.35. The van der Waals surface area contributed by atoms with Gasteiger partial charge in [0.15, 0.2) is 5.82 Å². The normalized spacial score (nSPS) is 10.4. The van der Waals surface area contributed by atoms with Crippen molar-refractivity contribution in [2.45, 2.75) is 6.54 Å². The molecule has 16 heavy (non-hydrogen) atoms. The molecule has 0 aliphatic heterocycles. The van der Waals surface area contributed by atoms with Gasteiger partial charge in [-0.2, -0.15) is 5.10 Å². The summed E-state index contributed by atoms with van der Waals surface area (Å²) in [6, 6.07) is 7.64. The molecule has 0 aliphatic rings. The predicted molar refractivity (Wildman–Crippen MR) is 61.1 cm³/mol. The molecule has 2 rings (SSSR count). The zero-order valence-electron chi connectivity index (χ0n) is 9.13. The molecule has 1 heterocycles. The highest BCUT2D eigenvalue weighted by molar-refractivity contribution is 5.55. The van der Waals surface area contributed by atoms with Crippen molar-refractivity contribution in [2.24, 2.45) is 5.73 Å². The van der Waals surface area contributed by atoms with E-state index in [1.165, 1.54) is 0 Å². The summed E-state index contributed by atoms with van der Waals surface area (Å²) >= 11 is 0. The lowest BCUT2D eigenvalue weighted by molar-refractivity contribution is 0.415. The van der Waals surface area contributed by atoms with Gasteiger partial charge in [-0.3, -0.25) is 4.68 Å². The molecule has 0 saturated carbocycles. The predicted octanol–water partition coefficient (Wildman–Crippen LogP) is 0.912. The van der Waals surface area contributed by atoms with Gasteiger partial charge in [0.05, 0.1) is 13.7 Å². The quantitative estimate of drug-likeness (QED) is 0.828. The minimum absolute atomic E-state index is 0.561. The third-order valence-electron chi connectivity index (χ3n) is 2.24. The maximum Gasteiger partial charge on any atom is 0.181 e. The maximum absolute atomic E-state index is 5.44. The number of nitrogens with two attached hydrogens (primary N) is 1. The zero-order valence-corrected chi connectivity index (χ0v) is 9.13. The van der Waals surface area contributed by atoms with E-state index in [1.807, 2.05) is 24.3 Å². The summed E-state index contributed by atoms with van der Waals surface area (Å²) < 4.78 is 6.82. The lowest BCUT2D eigenvalue weighted by atomic mass is 10.2. The highest BCUT2D eigenvalue weighted by Crippen LogP contribution is 2.18. The lowest BCUT2D eigenvalue weighted by Gasteiger charge is -1.99. The number of methoxy groups -OCH3 is 1. The maximum atomic E-state index is 5.44. The fraction of sp³-hybridized carbons (Fsp3) is 0.273. The Morgan fingerprint density at radius 3 is 2.69 bits per heavy atom. The molecule has 84 valence electrons. The first-order chi connectivity index (χ1) is 7.83. The largest absolute Gasteiger partial charge is 0.497 e. The van der Waals surface area contributed by atoms with Crippen LogP contribution >= 0.6 is 0 Å². The van der Waals surface area contributed by atoms with E-state index in [9.17, 15) is 0 Å². The van der Waals surface area contributed by atoms with Crippen LogP contribution in [0.2, 0.25) is 0 Å². The lowest BCUT2D eigenvalue weighted by Crippen LogP contribution is -2.10. The monoisotopic (exact) mass is 218 g/mol. The highest BCUT2D eigenvalue weighted by Gasteiger charge is 2.03. The van der Waals surface area contributed by atoms with E-state index in [0.717, 1.165) is 11.3 Å². The molecule has 0 atom stereocenters. The van der Waals surface area contributed by atoms with Crippen molar-refractivity contribution in [3.05, 3.63) is 30.6 Å². The number of aromatic nitrogens is 3. The van der Waals surface area contributed by atoms with Crippen LogP contribution in [0.1, 0.15) is 0 Å². The molecule has 5 nitrogen and oxygen atoms in total. The first kappa shape index (κ1) is 10.6. The number of hydrogen-bond donors (Lipinski definition) is 1. The molecule has 1 aromatic heterocycles. The van der Waals surface area contributed by atoms with E-state index >= 15 is 0 Å². The molecule has 1 aromatic carbocycles. The minimum Gasteiger partial charge on any atom is -0.497 e. The van der Waals surface area contributed by atoms with Crippen LogP contribution in [0.5, 0.6) is 5.75 Å². The highest BCUT2D eigenvalue weighted by atomic mass is 16.5. The third-order valence-corrected chi connectivity index (χ3v) is 2.24. The molecule has 0 spiro atoms. The van der Waals surface area contributed by atoms with Gasteiger partial charge in [-0.25, -0.2) is 4.98 Å². The average Bonchev–Trinajstić information content (AvgIpc) is 2.78. The number of nitrogens with zero attached hydrogens (tertiary/aromatic N) is 3. The smallest absolute Gasteiger partial charge is 0.181 e. The minimum atomic E-state index is 0.561. The SMILES string of the molecule is COc1ccc(-c2ncn(CCN)n2)cc1. The molecule has 0 saturated heterocycles. The van der Waals surface area contributed by atoms with Crippen LogP contribution < -0.4 is 10.5 Å². The van der Waals surface area contributed by atoms with Crippen molar-refractivity contribution in [3.63, 3.8) is 0 Å². The molecule has 0 aliphatic carbocycles. The summed E-state index contributed by atoms with van der Waals surface area (Å²) in [5, 5.41) is 4.31. The Hall–Kier alpha value is -1.88. The zero-order chi connectivity index (χ0) is 11.4. The van der Waals surface area contributed by atoms with Gasteiger partial charge >= 0.3 is 0 Å². The standard InChI is InChI=1S/C11H14N4O/c1-16-10-4-2-9(3-5-10)11-13-8-15(14-11)7-6-12/h2-5,8H,6-7,12H2,1H3. The molecule has 0 radical (unpaired) electrons. The van der Waals surface area contributed by atoms with Crippen molar-refractivity contribution < 1.29 is 4.74 Å². The van der Waals surface area contributed by atoms with Gasteiger partial charge in [-0.1, -0.05) is 0 Å². The van der Waals surface area contributed by atoms with Gasteiger partial charge in [0.1, 0.15) is 12.1 Å². The van der Waals surface area contributed by atoms with Crippen molar-refractivity contribution in [2.75, 3.05) is 13.7 Å². The molecule has 0 amide bonds. The van der Waals surface area contributed by atoms with Crippen LogP contribution in [0.25, 0.3) is 11.4 Å². The molecule has 0 fully saturated rings. The Labute approximate surface area is 93.9 Å². The van der Waals surface area contributed by atoms with Crippen molar-refractivity contribution >= 4 is 0 Å². The average molecular weight is 218 g/mol. The first-order valence-corrected chi connectivity index (χ1v) is 5.07. The summed E-state index contributed by atoms with van der Waals surface area (Å²) in [6.45, 7) is 1.24. The van der Waals surface area contributed by atoms with E-state index in [2.05, 4.69) is 10.1 Å². The van der Waals surface area contributed by atoms with E-state index < -0.39 is 0 Å². The summed E-state index contributed by atoms with van der Waals surface area (Å²) in [5.41, 5.74) is 6.41. The molecule has 5 heteroatoms. The van der Waals surface area contributed by atoms with Crippen LogP contribution in [-0.2, 0) is 6.54 Å². The van der Waals surface area contributed by atoms with E-state index in [1.54, 1.807) is 18.1 Å². The van der Waals surface area contributed by atoms with Gasteiger partial charge < -0.3 is 10.5 Å². The number of rotatable bonds is 4. The third kappa shape index (κ3) is 2.20. The van der Waals surface area contributed by atoms with E-state index in [0.29, 0.717) is 18.9 Å². The van der Waals surface area contributed by atoms with E-state index in [-0.39, 0.29) is 0 Å². The molecular formula is C11H14N4O. The van der Waals surface area contributed by atoms with Crippen LogP contribution in [0.3, 0.4) is 0 Å². The second-order valence-corrected chi connectivity index (χ2v) is 3.35. The fourth-order valence-corrected chi connectivity index (χ4v) is 1.41. The van der Waals surface area contributed by atoms with Crippen molar-refractivity contribution in [1.82, 2.24) is 14.8 Å². The summed E-state index contributed by atoms with van der Waals surface area (Å²) in [5.74, 6) is 1.53. The Bertz CT molecular complexity index is 449. The van der Waals surface area contributed by atoms with Gasteiger partial charge in [0.2, 0.25) is 0 Å². The van der Waals surface area contributed by atoms with Gasteiger partial charge in [0, 0.05) is 12.1 Å². The first-order valence-electron chi connectivity index (χ1n) is 5.07. The molecule has 2 N–H and O–H groups in total.